The number of carbonyl (C=O) groups is 1. The van der Waals surface area contributed by atoms with Gasteiger partial charge in [0.2, 0.25) is 5.91 Å². The van der Waals surface area contributed by atoms with Crippen molar-refractivity contribution in [1.29, 1.82) is 0 Å². The Labute approximate surface area is 191 Å². The SMILES string of the molecule is CNC(=O)C1CN(Cc2cc(C)c(OCc3ccc(C4COC4)c(C(F)(F)F)c3)c(C)c2)C1. The van der Waals surface area contributed by atoms with E-state index in [2.05, 4.69) is 10.2 Å². The second-order valence-corrected chi connectivity index (χ2v) is 9.01. The summed E-state index contributed by atoms with van der Waals surface area (Å²) in [6.45, 7) is 6.82. The number of nitrogens with one attached hydrogen (secondary N) is 1. The highest BCUT2D eigenvalue weighted by Crippen LogP contribution is 2.38. The molecule has 0 bridgehead atoms. The second-order valence-electron chi connectivity index (χ2n) is 9.01. The van der Waals surface area contributed by atoms with Gasteiger partial charge in [0.15, 0.2) is 0 Å². The lowest BCUT2D eigenvalue weighted by Gasteiger charge is -2.38. The van der Waals surface area contributed by atoms with Crippen molar-refractivity contribution in [3.8, 4) is 5.75 Å². The molecule has 4 rings (SSSR count). The van der Waals surface area contributed by atoms with Crippen LogP contribution >= 0.6 is 0 Å². The molecule has 2 fully saturated rings. The van der Waals surface area contributed by atoms with E-state index in [0.29, 0.717) is 30.1 Å². The Morgan fingerprint density at radius 2 is 1.79 bits per heavy atom. The van der Waals surface area contributed by atoms with Crippen molar-refractivity contribution >= 4 is 5.91 Å². The molecular weight excluding hydrogens is 433 g/mol. The first-order chi connectivity index (χ1) is 15.7. The molecule has 0 aromatic heterocycles. The number of rotatable bonds is 7. The largest absolute Gasteiger partial charge is 0.488 e. The van der Waals surface area contributed by atoms with Crippen LogP contribution in [0.1, 0.15) is 39.3 Å². The fourth-order valence-corrected chi connectivity index (χ4v) is 4.55. The number of nitrogens with zero attached hydrogens (tertiary/aromatic N) is 1. The van der Waals surface area contributed by atoms with Crippen LogP contribution in [0.5, 0.6) is 5.75 Å². The molecule has 0 radical (unpaired) electrons. The zero-order valence-corrected chi connectivity index (χ0v) is 19.1. The smallest absolute Gasteiger partial charge is 0.416 e. The van der Waals surface area contributed by atoms with Gasteiger partial charge in [0, 0.05) is 32.6 Å². The molecule has 2 heterocycles. The Morgan fingerprint density at radius 3 is 2.33 bits per heavy atom. The van der Waals surface area contributed by atoms with Gasteiger partial charge >= 0.3 is 6.18 Å². The van der Waals surface area contributed by atoms with Crippen molar-refractivity contribution in [1.82, 2.24) is 10.2 Å². The summed E-state index contributed by atoms with van der Waals surface area (Å²) in [4.78, 5) is 13.9. The van der Waals surface area contributed by atoms with E-state index >= 15 is 0 Å². The lowest BCUT2D eigenvalue weighted by atomic mass is 9.91. The summed E-state index contributed by atoms with van der Waals surface area (Å²) in [7, 11) is 1.65. The number of carbonyl (C=O) groups excluding carboxylic acids is 1. The monoisotopic (exact) mass is 462 g/mol. The summed E-state index contributed by atoms with van der Waals surface area (Å²) < 4.78 is 51.9. The molecule has 0 atom stereocenters. The predicted octanol–water partition coefficient (Wildman–Crippen LogP) is 4.19. The van der Waals surface area contributed by atoms with Gasteiger partial charge in [-0.15, -0.1) is 0 Å². The molecule has 33 heavy (non-hydrogen) atoms. The lowest BCUT2D eigenvalue weighted by Crippen LogP contribution is -2.52. The molecular formula is C25H29F3N2O3. The molecule has 0 saturated carbocycles. The molecule has 1 amide bonds. The molecule has 2 saturated heterocycles. The molecule has 2 aromatic carbocycles. The Kier molecular flexibility index (Phi) is 6.68. The molecule has 2 aliphatic heterocycles. The van der Waals surface area contributed by atoms with Gasteiger partial charge in [-0.05, 0) is 47.7 Å². The number of halogens is 3. The second kappa shape index (κ2) is 9.35. The van der Waals surface area contributed by atoms with Crippen LogP contribution in [0.2, 0.25) is 0 Å². The van der Waals surface area contributed by atoms with Crippen molar-refractivity contribution < 1.29 is 27.4 Å². The maximum Gasteiger partial charge on any atom is 0.416 e. The summed E-state index contributed by atoms with van der Waals surface area (Å²) >= 11 is 0. The highest BCUT2D eigenvalue weighted by molar-refractivity contribution is 5.79. The van der Waals surface area contributed by atoms with E-state index in [1.807, 2.05) is 26.0 Å². The number of likely N-dealkylation sites (tertiary alicyclic amines) is 1. The molecule has 8 heteroatoms. The van der Waals surface area contributed by atoms with Crippen LogP contribution < -0.4 is 10.1 Å². The molecule has 5 nitrogen and oxygen atoms in total. The predicted molar refractivity (Wildman–Crippen MR) is 118 cm³/mol. The van der Waals surface area contributed by atoms with Gasteiger partial charge in [0.25, 0.3) is 0 Å². The van der Waals surface area contributed by atoms with E-state index in [9.17, 15) is 18.0 Å². The minimum absolute atomic E-state index is 0.0459. The molecule has 1 N–H and O–H groups in total. The number of benzene rings is 2. The van der Waals surface area contributed by atoms with Crippen LogP contribution in [-0.2, 0) is 28.9 Å². The number of alkyl halides is 3. The highest BCUT2D eigenvalue weighted by Gasteiger charge is 2.37. The fraction of sp³-hybridized carbons (Fsp3) is 0.480. The molecule has 2 aromatic rings. The normalized spacial score (nSPS) is 17.4. The average Bonchev–Trinajstić information content (AvgIpc) is 2.68. The van der Waals surface area contributed by atoms with Gasteiger partial charge in [0.05, 0.1) is 24.7 Å². The van der Waals surface area contributed by atoms with Crippen LogP contribution in [0.4, 0.5) is 13.2 Å². The fourth-order valence-electron chi connectivity index (χ4n) is 4.55. The number of hydrogen-bond acceptors (Lipinski definition) is 4. The van der Waals surface area contributed by atoms with Gasteiger partial charge in [-0.3, -0.25) is 9.69 Å². The molecule has 0 aliphatic carbocycles. The molecule has 178 valence electrons. The molecule has 0 unspecified atom stereocenters. The summed E-state index contributed by atoms with van der Waals surface area (Å²) in [6, 6.07) is 8.53. The third-order valence-electron chi connectivity index (χ3n) is 6.38. The van der Waals surface area contributed by atoms with Crippen molar-refractivity contribution in [2.24, 2.45) is 5.92 Å². The highest BCUT2D eigenvalue weighted by atomic mass is 19.4. The van der Waals surface area contributed by atoms with E-state index in [1.54, 1.807) is 19.2 Å². The number of ether oxygens (including phenoxy) is 2. The van der Waals surface area contributed by atoms with Crippen LogP contribution in [-0.4, -0.2) is 44.2 Å². The third-order valence-corrected chi connectivity index (χ3v) is 6.38. The van der Waals surface area contributed by atoms with Crippen molar-refractivity contribution in [2.45, 2.75) is 39.1 Å². The van der Waals surface area contributed by atoms with Gasteiger partial charge in [-0.2, -0.15) is 13.2 Å². The summed E-state index contributed by atoms with van der Waals surface area (Å²) in [5, 5.41) is 2.68. The van der Waals surface area contributed by atoms with Gasteiger partial charge in [-0.1, -0.05) is 24.3 Å². The topological polar surface area (TPSA) is 50.8 Å². The van der Waals surface area contributed by atoms with Crippen LogP contribution in [0.15, 0.2) is 30.3 Å². The van der Waals surface area contributed by atoms with Crippen LogP contribution in [0, 0.1) is 19.8 Å². The van der Waals surface area contributed by atoms with Gasteiger partial charge in [0.1, 0.15) is 12.4 Å². The zero-order valence-electron chi connectivity index (χ0n) is 19.1. The average molecular weight is 463 g/mol. The zero-order chi connectivity index (χ0) is 23.8. The van der Waals surface area contributed by atoms with Crippen molar-refractivity contribution in [2.75, 3.05) is 33.4 Å². The van der Waals surface area contributed by atoms with E-state index < -0.39 is 11.7 Å². The van der Waals surface area contributed by atoms with Gasteiger partial charge in [-0.25, -0.2) is 0 Å². The van der Waals surface area contributed by atoms with E-state index in [0.717, 1.165) is 36.3 Å². The Morgan fingerprint density at radius 1 is 1.12 bits per heavy atom. The summed E-state index contributed by atoms with van der Waals surface area (Å²) in [5.41, 5.74) is 3.17. The summed E-state index contributed by atoms with van der Waals surface area (Å²) in [6.07, 6.45) is -4.41. The summed E-state index contributed by atoms with van der Waals surface area (Å²) in [5.74, 6) is 0.608. The van der Waals surface area contributed by atoms with Crippen LogP contribution in [0.25, 0.3) is 0 Å². The maximum absolute atomic E-state index is 13.6. The Balaban J connectivity index is 1.42. The number of amides is 1. The number of hydrogen-bond donors (Lipinski definition) is 1. The lowest BCUT2D eigenvalue weighted by molar-refractivity contribution is -0.139. The third kappa shape index (κ3) is 5.17. The molecule has 2 aliphatic rings. The van der Waals surface area contributed by atoms with Gasteiger partial charge < -0.3 is 14.8 Å². The Bertz CT molecular complexity index is 1010. The molecule has 0 spiro atoms. The maximum atomic E-state index is 13.6. The first kappa shape index (κ1) is 23.6. The number of aryl methyl sites for hydroxylation is 2. The van der Waals surface area contributed by atoms with Crippen LogP contribution in [0.3, 0.4) is 0 Å². The van der Waals surface area contributed by atoms with Crippen molar-refractivity contribution in [3.05, 3.63) is 63.7 Å². The first-order valence-corrected chi connectivity index (χ1v) is 11.1. The Hall–Kier alpha value is -2.58. The first-order valence-electron chi connectivity index (χ1n) is 11.1. The minimum atomic E-state index is -4.41. The standard InChI is InChI=1S/C25H29F3N2O3/c1-15-6-18(9-30-10-19(11-30)24(31)29-3)7-16(2)23(15)33-12-17-4-5-21(20-13-32-14-20)22(8-17)25(26,27)28/h4-8,19-20H,9-14H2,1-3H3,(H,29,31). The minimum Gasteiger partial charge on any atom is -0.488 e. The van der Waals surface area contributed by atoms with Crippen molar-refractivity contribution in [3.63, 3.8) is 0 Å². The van der Waals surface area contributed by atoms with E-state index in [-0.39, 0.29) is 24.3 Å². The van der Waals surface area contributed by atoms with E-state index in [1.165, 1.54) is 6.07 Å². The quantitative estimate of drug-likeness (QED) is 0.671. The van der Waals surface area contributed by atoms with E-state index in [4.69, 9.17) is 9.47 Å².